The summed E-state index contributed by atoms with van der Waals surface area (Å²) in [5, 5.41) is 0.594. The minimum absolute atomic E-state index is 0.254. The number of hydrogen-bond donors (Lipinski definition) is 0. The summed E-state index contributed by atoms with van der Waals surface area (Å²) in [5.41, 5.74) is 1.35. The standard InChI is InChI=1S/C23H28Cl2O4/c1-5-7-12-28-22-18(27-4)14-15(3)19(23(22)29-13-8-6-2)21(26)20-16(24)10-9-11-17(20)25/h9-11,14H,5-8,12-13H2,1-4H3. The first-order valence-electron chi connectivity index (χ1n) is 9.92. The first-order chi connectivity index (χ1) is 14.0. The highest BCUT2D eigenvalue weighted by atomic mass is 35.5. The molecule has 0 saturated carbocycles. The predicted octanol–water partition coefficient (Wildman–Crippen LogP) is 6.90. The van der Waals surface area contributed by atoms with Crippen LogP contribution in [0.25, 0.3) is 0 Å². The van der Waals surface area contributed by atoms with Crippen LogP contribution in [0, 0.1) is 6.92 Å². The fraction of sp³-hybridized carbons (Fsp3) is 0.435. The van der Waals surface area contributed by atoms with Crippen LogP contribution >= 0.6 is 23.2 Å². The molecule has 0 bridgehead atoms. The topological polar surface area (TPSA) is 44.8 Å². The van der Waals surface area contributed by atoms with Gasteiger partial charge in [0, 0.05) is 0 Å². The van der Waals surface area contributed by atoms with Crippen molar-refractivity contribution in [1.82, 2.24) is 0 Å². The highest BCUT2D eigenvalue weighted by molar-refractivity contribution is 6.41. The number of ether oxygens (including phenoxy) is 3. The highest BCUT2D eigenvalue weighted by Gasteiger charge is 2.28. The fourth-order valence-electron chi connectivity index (χ4n) is 2.92. The molecule has 0 unspecified atom stereocenters. The molecule has 0 spiro atoms. The molecule has 0 aliphatic carbocycles. The third-order valence-electron chi connectivity index (χ3n) is 4.52. The summed E-state index contributed by atoms with van der Waals surface area (Å²) in [4.78, 5) is 13.5. The summed E-state index contributed by atoms with van der Waals surface area (Å²) in [7, 11) is 1.57. The second kappa shape index (κ2) is 11.3. The fourth-order valence-corrected chi connectivity index (χ4v) is 3.49. The maximum atomic E-state index is 13.5. The molecule has 29 heavy (non-hydrogen) atoms. The van der Waals surface area contributed by atoms with Gasteiger partial charge in [0.05, 0.1) is 41.5 Å². The monoisotopic (exact) mass is 438 g/mol. The molecule has 0 saturated heterocycles. The van der Waals surface area contributed by atoms with Crippen molar-refractivity contribution >= 4 is 29.0 Å². The van der Waals surface area contributed by atoms with Crippen molar-refractivity contribution in [2.45, 2.75) is 46.5 Å². The van der Waals surface area contributed by atoms with Crippen molar-refractivity contribution in [3.63, 3.8) is 0 Å². The second-order valence-electron chi connectivity index (χ2n) is 6.76. The van der Waals surface area contributed by atoms with E-state index in [9.17, 15) is 4.79 Å². The molecule has 0 aromatic heterocycles. The van der Waals surface area contributed by atoms with Gasteiger partial charge in [-0.25, -0.2) is 0 Å². The van der Waals surface area contributed by atoms with Crippen LogP contribution in [0.2, 0.25) is 10.0 Å². The van der Waals surface area contributed by atoms with Crippen molar-refractivity contribution < 1.29 is 19.0 Å². The Balaban J connectivity index is 2.64. The van der Waals surface area contributed by atoms with Gasteiger partial charge in [-0.05, 0) is 43.5 Å². The van der Waals surface area contributed by atoms with Crippen molar-refractivity contribution in [2.75, 3.05) is 20.3 Å². The van der Waals surface area contributed by atoms with Crippen LogP contribution < -0.4 is 14.2 Å². The van der Waals surface area contributed by atoms with Gasteiger partial charge in [-0.15, -0.1) is 0 Å². The number of aryl methyl sites for hydroxylation is 1. The number of ketones is 1. The largest absolute Gasteiger partial charge is 0.493 e. The first kappa shape index (κ1) is 23.4. The predicted molar refractivity (Wildman–Crippen MR) is 118 cm³/mol. The lowest BCUT2D eigenvalue weighted by molar-refractivity contribution is 0.103. The molecule has 0 fully saturated rings. The minimum atomic E-state index is -0.299. The summed E-state index contributed by atoms with van der Waals surface area (Å²) in [6, 6.07) is 6.79. The Morgan fingerprint density at radius 3 is 2.00 bits per heavy atom. The summed E-state index contributed by atoms with van der Waals surface area (Å²) >= 11 is 12.6. The molecule has 4 nitrogen and oxygen atoms in total. The highest BCUT2D eigenvalue weighted by Crippen LogP contribution is 2.44. The smallest absolute Gasteiger partial charge is 0.204 e. The zero-order valence-electron chi connectivity index (χ0n) is 17.4. The van der Waals surface area contributed by atoms with Gasteiger partial charge in [0.1, 0.15) is 0 Å². The number of unbranched alkanes of at least 4 members (excludes halogenated alkanes) is 2. The van der Waals surface area contributed by atoms with E-state index in [2.05, 4.69) is 13.8 Å². The van der Waals surface area contributed by atoms with E-state index in [4.69, 9.17) is 37.4 Å². The molecule has 2 rings (SSSR count). The Morgan fingerprint density at radius 1 is 0.931 bits per heavy atom. The van der Waals surface area contributed by atoms with Gasteiger partial charge in [-0.2, -0.15) is 0 Å². The van der Waals surface area contributed by atoms with E-state index in [-0.39, 0.29) is 11.3 Å². The van der Waals surface area contributed by atoms with Gasteiger partial charge in [-0.1, -0.05) is 56.0 Å². The van der Waals surface area contributed by atoms with Crippen LogP contribution in [0.1, 0.15) is 61.0 Å². The van der Waals surface area contributed by atoms with Crippen LogP contribution in [0.5, 0.6) is 17.2 Å². The third kappa shape index (κ3) is 5.58. The van der Waals surface area contributed by atoms with Gasteiger partial charge in [-0.3, -0.25) is 4.79 Å². The molecule has 0 heterocycles. The SMILES string of the molecule is CCCCOc1c(OC)cc(C)c(C(=O)c2c(Cl)cccc2Cl)c1OCCCC. The van der Waals surface area contributed by atoms with Crippen molar-refractivity contribution in [1.29, 1.82) is 0 Å². The maximum absolute atomic E-state index is 13.5. The van der Waals surface area contributed by atoms with Crippen molar-refractivity contribution in [3.8, 4) is 17.2 Å². The number of hydrogen-bond acceptors (Lipinski definition) is 4. The van der Waals surface area contributed by atoms with E-state index in [1.165, 1.54) is 0 Å². The molecule has 0 aliphatic rings. The van der Waals surface area contributed by atoms with Crippen LogP contribution in [0.3, 0.4) is 0 Å². The molecule has 2 aromatic carbocycles. The van der Waals surface area contributed by atoms with E-state index >= 15 is 0 Å². The van der Waals surface area contributed by atoms with Gasteiger partial charge < -0.3 is 14.2 Å². The summed E-state index contributed by atoms with van der Waals surface area (Å²) < 4.78 is 17.6. The van der Waals surface area contributed by atoms with E-state index in [0.29, 0.717) is 51.6 Å². The molecule has 0 amide bonds. The Labute approximate surface area is 183 Å². The maximum Gasteiger partial charge on any atom is 0.204 e. The normalized spacial score (nSPS) is 10.7. The Bertz CT molecular complexity index is 829. The Hall–Kier alpha value is -1.91. The van der Waals surface area contributed by atoms with Crippen LogP contribution in [0.4, 0.5) is 0 Å². The van der Waals surface area contributed by atoms with Gasteiger partial charge >= 0.3 is 0 Å². The first-order valence-corrected chi connectivity index (χ1v) is 10.7. The molecule has 0 N–H and O–H groups in total. The quantitative estimate of drug-likeness (QED) is 0.282. The van der Waals surface area contributed by atoms with E-state index in [1.807, 2.05) is 6.92 Å². The molecule has 6 heteroatoms. The number of carbonyl (C=O) groups excluding carboxylic acids is 1. The van der Waals surface area contributed by atoms with Gasteiger partial charge in [0.2, 0.25) is 5.75 Å². The van der Waals surface area contributed by atoms with Crippen molar-refractivity contribution in [3.05, 3.63) is 51.0 Å². The third-order valence-corrected chi connectivity index (χ3v) is 5.15. The molecular weight excluding hydrogens is 411 g/mol. The Kier molecular flexibility index (Phi) is 9.12. The zero-order valence-corrected chi connectivity index (χ0v) is 19.0. The average Bonchev–Trinajstić information content (AvgIpc) is 2.69. The molecule has 158 valence electrons. The number of halogens is 2. The average molecular weight is 439 g/mol. The second-order valence-corrected chi connectivity index (χ2v) is 7.57. The lowest BCUT2D eigenvalue weighted by Crippen LogP contribution is -2.12. The molecular formula is C23H28Cl2O4. The van der Waals surface area contributed by atoms with Crippen LogP contribution in [-0.2, 0) is 0 Å². The minimum Gasteiger partial charge on any atom is -0.493 e. The number of methoxy groups -OCH3 is 1. The number of carbonyl (C=O) groups is 1. The van der Waals surface area contributed by atoms with Gasteiger partial charge in [0.25, 0.3) is 0 Å². The molecule has 0 atom stereocenters. The van der Waals surface area contributed by atoms with E-state index in [0.717, 1.165) is 25.7 Å². The zero-order chi connectivity index (χ0) is 21.4. The van der Waals surface area contributed by atoms with Crippen molar-refractivity contribution in [2.24, 2.45) is 0 Å². The summed E-state index contributed by atoms with van der Waals surface area (Å²) in [5.74, 6) is 1.06. The van der Waals surface area contributed by atoms with Crippen LogP contribution in [-0.4, -0.2) is 26.1 Å². The summed E-state index contributed by atoms with van der Waals surface area (Å²) in [6.07, 6.45) is 3.69. The number of benzene rings is 2. The Morgan fingerprint density at radius 2 is 1.48 bits per heavy atom. The van der Waals surface area contributed by atoms with Crippen LogP contribution in [0.15, 0.2) is 24.3 Å². The molecule has 2 aromatic rings. The molecule has 0 aliphatic heterocycles. The number of rotatable bonds is 11. The lowest BCUT2D eigenvalue weighted by atomic mass is 9.96. The summed E-state index contributed by atoms with van der Waals surface area (Å²) in [6.45, 7) is 6.96. The van der Waals surface area contributed by atoms with Gasteiger partial charge in [0.15, 0.2) is 17.3 Å². The van der Waals surface area contributed by atoms with E-state index in [1.54, 1.807) is 31.4 Å². The van der Waals surface area contributed by atoms with E-state index < -0.39 is 0 Å². The molecule has 0 radical (unpaired) electrons. The lowest BCUT2D eigenvalue weighted by Gasteiger charge is -2.21.